The molecule has 2 N–H and O–H groups in total. The van der Waals surface area contributed by atoms with Crippen LogP contribution in [0.5, 0.6) is 11.5 Å². The molecule has 1 amide bonds. The first-order valence-corrected chi connectivity index (χ1v) is 19.2. The van der Waals surface area contributed by atoms with Crippen LogP contribution in [0.1, 0.15) is 61.7 Å². The topological polar surface area (TPSA) is 72.6 Å². The molecule has 4 aromatic rings. The van der Waals surface area contributed by atoms with Crippen molar-refractivity contribution in [2.75, 3.05) is 13.7 Å². The number of H-pyrrole nitrogens is 1. The second-order valence-corrected chi connectivity index (χ2v) is 19.3. The lowest BCUT2D eigenvalue weighted by molar-refractivity contribution is 0.0913. The van der Waals surface area contributed by atoms with Crippen LogP contribution in [0.2, 0.25) is 18.1 Å². The summed E-state index contributed by atoms with van der Waals surface area (Å²) >= 11 is 3.66. The summed E-state index contributed by atoms with van der Waals surface area (Å²) in [5.74, 6) is 1.27. The van der Waals surface area contributed by atoms with Crippen molar-refractivity contribution in [3.05, 3.63) is 81.5 Å². The van der Waals surface area contributed by atoms with Gasteiger partial charge in [0.05, 0.1) is 35.9 Å². The molecule has 8 heteroatoms. The second kappa shape index (κ2) is 12.7. The van der Waals surface area contributed by atoms with Crippen LogP contribution in [0.15, 0.2) is 59.2 Å². The van der Waals surface area contributed by atoms with Gasteiger partial charge < -0.3 is 24.2 Å². The van der Waals surface area contributed by atoms with Gasteiger partial charge in [-0.2, -0.15) is 0 Å². The summed E-state index contributed by atoms with van der Waals surface area (Å²) in [5.41, 5.74) is 7.33. The Bertz CT molecular complexity index is 1670. The molecule has 3 aromatic carbocycles. The minimum absolute atomic E-state index is 0.0590. The van der Waals surface area contributed by atoms with Crippen LogP contribution in [-0.2, 0) is 23.7 Å². The van der Waals surface area contributed by atoms with Gasteiger partial charge in [0.15, 0.2) is 8.32 Å². The highest BCUT2D eigenvalue weighted by Gasteiger charge is 2.38. The average molecular weight is 678 g/mol. The molecule has 44 heavy (non-hydrogen) atoms. The summed E-state index contributed by atoms with van der Waals surface area (Å²) in [5, 5.41) is 4.59. The lowest BCUT2D eigenvalue weighted by Crippen LogP contribution is -2.47. The van der Waals surface area contributed by atoms with Gasteiger partial charge in [0, 0.05) is 17.1 Å². The minimum atomic E-state index is -2.06. The predicted molar refractivity (Wildman–Crippen MR) is 186 cm³/mol. The van der Waals surface area contributed by atoms with Gasteiger partial charge in [0.2, 0.25) is 0 Å². The van der Waals surface area contributed by atoms with E-state index < -0.39 is 8.32 Å². The smallest absolute Gasteiger partial charge is 0.255 e. The number of rotatable bonds is 10. The normalized spacial score (nSPS) is 13.9. The third-order valence-electron chi connectivity index (χ3n) is 9.07. The number of amides is 1. The molecule has 1 aromatic heterocycles. The Morgan fingerprint density at radius 3 is 2.34 bits per heavy atom. The maximum atomic E-state index is 14.3. The van der Waals surface area contributed by atoms with E-state index in [4.69, 9.17) is 13.9 Å². The zero-order valence-corrected chi connectivity index (χ0v) is 29.8. The van der Waals surface area contributed by atoms with E-state index in [0.717, 1.165) is 50.7 Å². The van der Waals surface area contributed by atoms with Crippen LogP contribution in [0, 0.1) is 0 Å². The molecule has 234 valence electrons. The number of aryl methyl sites for hydroxylation is 2. The summed E-state index contributed by atoms with van der Waals surface area (Å²) in [4.78, 5) is 17.6. The van der Waals surface area contributed by atoms with E-state index in [1.54, 1.807) is 7.11 Å². The molecule has 6 nitrogen and oxygen atoms in total. The monoisotopic (exact) mass is 676 g/mol. The van der Waals surface area contributed by atoms with Gasteiger partial charge in [-0.25, -0.2) is 0 Å². The van der Waals surface area contributed by atoms with Gasteiger partial charge in [-0.15, -0.1) is 0 Å². The van der Waals surface area contributed by atoms with Crippen molar-refractivity contribution < 1.29 is 18.7 Å². The number of para-hydroxylation sites is 1. The third-order valence-corrected chi connectivity index (χ3v) is 14.2. The fourth-order valence-corrected chi connectivity index (χ4v) is 7.15. The van der Waals surface area contributed by atoms with Crippen molar-refractivity contribution in [2.24, 2.45) is 0 Å². The molecule has 5 rings (SSSR count). The number of ether oxygens (including phenoxy) is 2. The molecule has 0 aliphatic heterocycles. The van der Waals surface area contributed by atoms with Gasteiger partial charge in [-0.1, -0.05) is 39.0 Å². The number of aromatic nitrogens is 1. The lowest BCUT2D eigenvalue weighted by atomic mass is 9.84. The standard InChI is InChI=1S/C36H45BrN2O4Si/c1-22(2)43-33-16-23-13-14-24-17-34(41-6)31(37)19-29(24)28(23)18-30(33)35(40)39-26(21-42-44(7,8)36(3,4)5)15-25-20-38-32-12-10-9-11-27(25)32/h9-12,16-20,22,26,38H,13-15,21H2,1-8H3,(H,39,40). The third kappa shape index (κ3) is 6.77. The highest BCUT2D eigenvalue weighted by Crippen LogP contribution is 2.42. The Morgan fingerprint density at radius 2 is 1.68 bits per heavy atom. The molecule has 1 heterocycles. The number of hydrogen-bond acceptors (Lipinski definition) is 4. The van der Waals surface area contributed by atoms with Gasteiger partial charge in [-0.3, -0.25) is 4.79 Å². The first kappa shape index (κ1) is 32.3. The predicted octanol–water partition coefficient (Wildman–Crippen LogP) is 8.85. The van der Waals surface area contributed by atoms with Gasteiger partial charge in [-0.05, 0) is 125 Å². The molecule has 1 atom stereocenters. The van der Waals surface area contributed by atoms with E-state index in [9.17, 15) is 4.79 Å². The highest BCUT2D eigenvalue weighted by molar-refractivity contribution is 9.10. The molecule has 0 saturated heterocycles. The van der Waals surface area contributed by atoms with Gasteiger partial charge in [0.25, 0.3) is 5.91 Å². The number of aromatic amines is 1. The fourth-order valence-electron chi connectivity index (χ4n) is 5.59. The Morgan fingerprint density at radius 1 is 1.02 bits per heavy atom. The van der Waals surface area contributed by atoms with E-state index in [-0.39, 0.29) is 23.1 Å². The summed E-state index contributed by atoms with van der Waals surface area (Å²) in [6.45, 7) is 15.6. The molecule has 0 saturated carbocycles. The molecule has 1 aliphatic carbocycles. The molecule has 0 fully saturated rings. The van der Waals surface area contributed by atoms with Crippen molar-refractivity contribution in [1.29, 1.82) is 0 Å². The Kier molecular flexibility index (Phi) is 9.36. The number of benzene rings is 3. The van der Waals surface area contributed by atoms with Crippen LogP contribution in [0.25, 0.3) is 22.0 Å². The minimum Gasteiger partial charge on any atom is -0.496 e. The molecule has 0 spiro atoms. The van der Waals surface area contributed by atoms with Crippen molar-refractivity contribution in [3.8, 4) is 22.6 Å². The quantitative estimate of drug-likeness (QED) is 0.165. The summed E-state index contributed by atoms with van der Waals surface area (Å²) in [6.07, 6.45) is 4.39. The van der Waals surface area contributed by atoms with Crippen LogP contribution in [0.3, 0.4) is 0 Å². The van der Waals surface area contributed by atoms with Crippen molar-refractivity contribution >= 4 is 41.1 Å². The number of fused-ring (bicyclic) bond motifs is 4. The molecular formula is C36H45BrN2O4Si. The van der Waals surface area contributed by atoms with Crippen molar-refractivity contribution in [2.45, 2.75) is 84.2 Å². The Hall–Kier alpha value is -3.07. The molecule has 1 unspecified atom stereocenters. The zero-order chi connectivity index (χ0) is 31.8. The largest absolute Gasteiger partial charge is 0.496 e. The van der Waals surface area contributed by atoms with E-state index in [1.165, 1.54) is 11.1 Å². The summed E-state index contributed by atoms with van der Waals surface area (Å²) < 4.78 is 19.4. The number of methoxy groups -OCH3 is 1. The SMILES string of the molecule is COc1cc2c(cc1Br)-c1cc(C(=O)NC(CO[Si](C)(C)C(C)(C)C)Cc3c[nH]c4ccccc34)c(OC(C)C)cc1CC2. The van der Waals surface area contributed by atoms with Crippen molar-refractivity contribution in [3.63, 3.8) is 0 Å². The van der Waals surface area contributed by atoms with Crippen LogP contribution in [-0.4, -0.2) is 45.1 Å². The summed E-state index contributed by atoms with van der Waals surface area (Å²) in [7, 11) is -0.373. The molecule has 1 aliphatic rings. The Labute approximate surface area is 271 Å². The van der Waals surface area contributed by atoms with Gasteiger partial charge >= 0.3 is 0 Å². The van der Waals surface area contributed by atoms with E-state index in [1.807, 2.05) is 38.2 Å². The first-order valence-electron chi connectivity index (χ1n) is 15.5. The van der Waals surface area contributed by atoms with E-state index in [0.29, 0.717) is 24.3 Å². The first-order chi connectivity index (χ1) is 20.8. The highest BCUT2D eigenvalue weighted by atomic mass is 79.9. The molecule has 0 radical (unpaired) electrons. The number of halogens is 1. The second-order valence-electron chi connectivity index (χ2n) is 13.6. The fraction of sp³-hybridized carbons (Fsp3) is 0.417. The lowest BCUT2D eigenvalue weighted by Gasteiger charge is -2.37. The maximum absolute atomic E-state index is 14.3. The number of hydrogen-bond donors (Lipinski definition) is 2. The maximum Gasteiger partial charge on any atom is 0.255 e. The van der Waals surface area contributed by atoms with Crippen molar-refractivity contribution in [1.82, 2.24) is 10.3 Å². The average Bonchev–Trinajstić information content (AvgIpc) is 3.37. The van der Waals surface area contributed by atoms with E-state index in [2.05, 4.69) is 90.4 Å². The van der Waals surface area contributed by atoms with Crippen LogP contribution < -0.4 is 14.8 Å². The van der Waals surface area contributed by atoms with Gasteiger partial charge in [0.1, 0.15) is 11.5 Å². The van der Waals surface area contributed by atoms with Crippen LogP contribution >= 0.6 is 15.9 Å². The molecular weight excluding hydrogens is 632 g/mol. The zero-order valence-electron chi connectivity index (χ0n) is 27.2. The number of nitrogens with one attached hydrogen (secondary N) is 2. The van der Waals surface area contributed by atoms with Crippen LogP contribution in [0.4, 0.5) is 0 Å². The number of carbonyl (C=O) groups excluding carboxylic acids is 1. The molecule has 0 bridgehead atoms. The Balaban J connectivity index is 1.51. The number of carbonyl (C=O) groups is 1. The summed E-state index contributed by atoms with van der Waals surface area (Å²) in [6, 6.07) is 16.3. The van der Waals surface area contributed by atoms with E-state index >= 15 is 0 Å².